The van der Waals surface area contributed by atoms with Gasteiger partial charge in [-0.3, -0.25) is 0 Å². The van der Waals surface area contributed by atoms with Gasteiger partial charge in [-0.1, -0.05) is 6.42 Å². The first-order valence-corrected chi connectivity index (χ1v) is 6.91. The summed E-state index contributed by atoms with van der Waals surface area (Å²) in [6, 6.07) is 0. The van der Waals surface area contributed by atoms with E-state index in [-0.39, 0.29) is 0 Å². The number of rotatable bonds is 6. The minimum atomic E-state index is 0.743. The maximum absolute atomic E-state index is 4.26. The van der Waals surface area contributed by atoms with E-state index in [2.05, 4.69) is 32.6 Å². The molecule has 0 spiro atoms. The Morgan fingerprint density at radius 2 is 2.12 bits per heavy atom. The largest absolute Gasteiger partial charge is 0.341 e. The molecule has 0 unspecified atom stereocenters. The van der Waals surface area contributed by atoms with Crippen molar-refractivity contribution < 1.29 is 0 Å². The second-order valence-corrected chi connectivity index (χ2v) is 4.94. The second kappa shape index (κ2) is 6.10. The van der Waals surface area contributed by atoms with E-state index in [9.17, 15) is 0 Å². The van der Waals surface area contributed by atoms with Crippen LogP contribution in [-0.4, -0.2) is 31.4 Å². The van der Waals surface area contributed by atoms with Crippen LogP contribution in [0.3, 0.4) is 0 Å². The molecule has 6 heteroatoms. The molecule has 0 aliphatic rings. The van der Waals surface area contributed by atoms with Gasteiger partial charge in [0.05, 0.1) is 6.33 Å². The lowest BCUT2D eigenvalue weighted by Gasteiger charge is -2.00. The van der Waals surface area contributed by atoms with Gasteiger partial charge in [0, 0.05) is 0 Å². The van der Waals surface area contributed by atoms with Gasteiger partial charge in [0.2, 0.25) is 0 Å². The predicted octanol–water partition coefficient (Wildman–Crippen LogP) is 2.55. The summed E-state index contributed by atoms with van der Waals surface area (Å²) in [4.78, 5) is 15.5. The van der Waals surface area contributed by atoms with Gasteiger partial charge in [-0.15, -0.1) is 11.8 Å². The monoisotopic (exact) mass is 254 g/mol. The Hall–Kier alpha value is -0.750. The number of hydrogen-bond acceptors (Lipinski definition) is 5. The van der Waals surface area contributed by atoms with Crippen molar-refractivity contribution >= 4 is 35.6 Å². The van der Waals surface area contributed by atoms with Crippen LogP contribution in [-0.2, 0) is 0 Å². The van der Waals surface area contributed by atoms with Crippen molar-refractivity contribution in [3.8, 4) is 0 Å². The molecule has 0 amide bonds. The zero-order valence-electron chi connectivity index (χ0n) is 8.89. The Morgan fingerprint density at radius 3 is 3.00 bits per heavy atom. The Kier molecular flexibility index (Phi) is 4.47. The van der Waals surface area contributed by atoms with Crippen LogP contribution >= 0.6 is 24.4 Å². The zero-order valence-corrected chi connectivity index (χ0v) is 10.6. The number of H-pyrrole nitrogens is 1. The average Bonchev–Trinajstić information content (AvgIpc) is 2.77. The summed E-state index contributed by atoms with van der Waals surface area (Å²) in [6.07, 6.45) is 6.84. The number of thiol groups is 1. The van der Waals surface area contributed by atoms with E-state index in [4.69, 9.17) is 0 Å². The van der Waals surface area contributed by atoms with E-state index in [1.165, 1.54) is 19.3 Å². The highest BCUT2D eigenvalue weighted by Crippen LogP contribution is 2.22. The molecule has 0 aliphatic carbocycles. The highest BCUT2D eigenvalue weighted by atomic mass is 32.2. The Labute approximate surface area is 104 Å². The first-order chi connectivity index (χ1) is 7.92. The minimum absolute atomic E-state index is 0.743. The molecule has 16 heavy (non-hydrogen) atoms. The van der Waals surface area contributed by atoms with Crippen LogP contribution in [0.2, 0.25) is 0 Å². The fraction of sp³-hybridized carbons (Fsp3) is 0.500. The number of hydrogen-bond donors (Lipinski definition) is 2. The topological polar surface area (TPSA) is 54.5 Å². The van der Waals surface area contributed by atoms with Crippen LogP contribution in [0.25, 0.3) is 11.2 Å². The van der Waals surface area contributed by atoms with Crippen molar-refractivity contribution in [1.82, 2.24) is 19.9 Å². The van der Waals surface area contributed by atoms with E-state index in [1.807, 2.05) is 0 Å². The molecule has 0 atom stereocenters. The van der Waals surface area contributed by atoms with Crippen molar-refractivity contribution in [2.75, 3.05) is 11.5 Å². The van der Waals surface area contributed by atoms with Gasteiger partial charge >= 0.3 is 0 Å². The SMILES string of the molecule is SCCCCCSc1ncnc2nc[nH]c12. The number of fused-ring (bicyclic) bond motifs is 1. The molecule has 0 radical (unpaired) electrons. The molecule has 2 aromatic heterocycles. The number of thioether (sulfide) groups is 1. The fourth-order valence-corrected chi connectivity index (χ4v) is 2.59. The number of aromatic amines is 1. The zero-order chi connectivity index (χ0) is 11.2. The third-order valence-electron chi connectivity index (χ3n) is 2.23. The molecule has 2 rings (SSSR count). The smallest absolute Gasteiger partial charge is 0.181 e. The molecule has 0 bridgehead atoms. The maximum Gasteiger partial charge on any atom is 0.181 e. The van der Waals surface area contributed by atoms with Crippen molar-refractivity contribution in [3.63, 3.8) is 0 Å². The highest BCUT2D eigenvalue weighted by Gasteiger charge is 2.05. The fourth-order valence-electron chi connectivity index (χ4n) is 1.41. The minimum Gasteiger partial charge on any atom is -0.341 e. The van der Waals surface area contributed by atoms with E-state index in [1.54, 1.807) is 24.4 Å². The Morgan fingerprint density at radius 1 is 1.19 bits per heavy atom. The average molecular weight is 254 g/mol. The molecule has 2 aromatic rings. The van der Waals surface area contributed by atoms with Crippen LogP contribution in [0.4, 0.5) is 0 Å². The summed E-state index contributed by atoms with van der Waals surface area (Å²) in [5, 5.41) is 0.994. The molecule has 0 saturated carbocycles. The van der Waals surface area contributed by atoms with Crippen molar-refractivity contribution in [2.24, 2.45) is 0 Å². The predicted molar refractivity (Wildman–Crippen MR) is 70.1 cm³/mol. The first-order valence-electron chi connectivity index (χ1n) is 5.29. The van der Waals surface area contributed by atoms with Gasteiger partial charge < -0.3 is 4.98 Å². The maximum atomic E-state index is 4.26. The summed E-state index contributed by atoms with van der Waals surface area (Å²) in [5.74, 6) is 2.06. The Bertz CT molecular complexity index is 443. The van der Waals surface area contributed by atoms with Crippen molar-refractivity contribution in [3.05, 3.63) is 12.7 Å². The number of imidazole rings is 1. The number of unbranched alkanes of at least 4 members (excludes halogenated alkanes) is 2. The van der Waals surface area contributed by atoms with Gasteiger partial charge in [-0.2, -0.15) is 12.6 Å². The summed E-state index contributed by atoms with van der Waals surface area (Å²) < 4.78 is 0. The van der Waals surface area contributed by atoms with E-state index in [0.29, 0.717) is 0 Å². The number of nitrogens with one attached hydrogen (secondary N) is 1. The number of aromatic nitrogens is 4. The third kappa shape index (κ3) is 2.89. The lowest BCUT2D eigenvalue weighted by molar-refractivity contribution is 0.786. The normalized spacial score (nSPS) is 11.1. The standard InChI is InChI=1S/C10H14N4S2/c15-4-2-1-3-5-16-10-8-9(12-6-11-8)13-7-14-10/h6-7,15H,1-5H2,(H,11,12,13,14). The van der Waals surface area contributed by atoms with Crippen molar-refractivity contribution in [1.29, 1.82) is 0 Å². The van der Waals surface area contributed by atoms with Crippen LogP contribution in [0, 0.1) is 0 Å². The molecule has 2 heterocycles. The molecule has 0 fully saturated rings. The number of nitrogens with zero attached hydrogens (tertiary/aromatic N) is 3. The second-order valence-electron chi connectivity index (χ2n) is 3.41. The van der Waals surface area contributed by atoms with E-state index >= 15 is 0 Å². The van der Waals surface area contributed by atoms with Crippen LogP contribution in [0.5, 0.6) is 0 Å². The molecule has 0 saturated heterocycles. The lowest BCUT2D eigenvalue weighted by atomic mass is 10.3. The molecular formula is C10H14N4S2. The van der Waals surface area contributed by atoms with Gasteiger partial charge in [-0.05, 0) is 24.3 Å². The van der Waals surface area contributed by atoms with Crippen LogP contribution in [0.1, 0.15) is 19.3 Å². The quantitative estimate of drug-likeness (QED) is 0.360. The lowest BCUT2D eigenvalue weighted by Crippen LogP contribution is -1.88. The summed E-state index contributed by atoms with van der Waals surface area (Å²) in [5.41, 5.74) is 1.69. The first kappa shape index (κ1) is 11.7. The summed E-state index contributed by atoms with van der Waals surface area (Å²) in [7, 11) is 0. The third-order valence-corrected chi connectivity index (χ3v) is 3.62. The van der Waals surface area contributed by atoms with Crippen molar-refractivity contribution in [2.45, 2.75) is 24.3 Å². The van der Waals surface area contributed by atoms with Crippen LogP contribution < -0.4 is 0 Å². The molecule has 1 N–H and O–H groups in total. The molecule has 0 aliphatic heterocycles. The summed E-state index contributed by atoms with van der Waals surface area (Å²) in [6.45, 7) is 0. The van der Waals surface area contributed by atoms with Crippen LogP contribution in [0.15, 0.2) is 17.7 Å². The van der Waals surface area contributed by atoms with E-state index < -0.39 is 0 Å². The van der Waals surface area contributed by atoms with E-state index in [0.717, 1.165) is 27.7 Å². The van der Waals surface area contributed by atoms with Gasteiger partial charge in [0.25, 0.3) is 0 Å². The van der Waals surface area contributed by atoms with Gasteiger partial charge in [0.15, 0.2) is 5.65 Å². The molecule has 4 nitrogen and oxygen atoms in total. The molecule has 0 aromatic carbocycles. The highest BCUT2D eigenvalue weighted by molar-refractivity contribution is 7.99. The molecule has 86 valence electrons. The molecular weight excluding hydrogens is 240 g/mol. The summed E-state index contributed by atoms with van der Waals surface area (Å²) >= 11 is 5.95. The van der Waals surface area contributed by atoms with Gasteiger partial charge in [-0.25, -0.2) is 15.0 Å². The van der Waals surface area contributed by atoms with Gasteiger partial charge in [0.1, 0.15) is 16.9 Å². The Balaban J connectivity index is 1.91.